The third kappa shape index (κ3) is 3.19. The van der Waals surface area contributed by atoms with E-state index in [4.69, 9.17) is 4.74 Å². The van der Waals surface area contributed by atoms with E-state index >= 15 is 0 Å². The molecule has 0 bridgehead atoms. The van der Waals surface area contributed by atoms with Gasteiger partial charge in [-0.1, -0.05) is 12.1 Å². The van der Waals surface area contributed by atoms with Crippen LogP contribution >= 0.6 is 23.5 Å². The average molecular weight is 268 g/mol. The predicted molar refractivity (Wildman–Crippen MR) is 75.0 cm³/mol. The van der Waals surface area contributed by atoms with Crippen LogP contribution in [0.1, 0.15) is 12.0 Å². The van der Waals surface area contributed by atoms with E-state index in [1.54, 1.807) is 30.6 Å². The van der Waals surface area contributed by atoms with Crippen LogP contribution in [0, 0.1) is 0 Å². The average Bonchev–Trinajstić information content (AvgIpc) is 2.41. The summed E-state index contributed by atoms with van der Waals surface area (Å²) in [6, 6.07) is 7.98. The molecule has 4 heteroatoms. The Morgan fingerprint density at radius 2 is 1.94 bits per heavy atom. The summed E-state index contributed by atoms with van der Waals surface area (Å²) in [6.07, 6.45) is 3.12. The number of benzene rings is 1. The smallest absolute Gasteiger partial charge is 0.146 e. The van der Waals surface area contributed by atoms with Crippen molar-refractivity contribution in [1.29, 1.82) is 0 Å². The van der Waals surface area contributed by atoms with Gasteiger partial charge in [-0.15, -0.1) is 23.5 Å². The van der Waals surface area contributed by atoms with Crippen LogP contribution in [0.3, 0.4) is 0 Å². The molecule has 2 nitrogen and oxygen atoms in total. The summed E-state index contributed by atoms with van der Waals surface area (Å²) in [5, 5.41) is 0. The number of hydrogen-bond acceptors (Lipinski definition) is 4. The molecule has 0 spiro atoms. The van der Waals surface area contributed by atoms with Crippen molar-refractivity contribution in [3.05, 3.63) is 29.8 Å². The summed E-state index contributed by atoms with van der Waals surface area (Å²) in [5.74, 6) is 3.03. The topological polar surface area (TPSA) is 26.3 Å². The van der Waals surface area contributed by atoms with Gasteiger partial charge in [0.25, 0.3) is 0 Å². The highest BCUT2D eigenvalue weighted by atomic mass is 32.2. The van der Waals surface area contributed by atoms with Crippen LogP contribution in [0.2, 0.25) is 0 Å². The van der Waals surface area contributed by atoms with E-state index in [-0.39, 0.29) is 4.08 Å². The Morgan fingerprint density at radius 3 is 2.47 bits per heavy atom. The van der Waals surface area contributed by atoms with Gasteiger partial charge in [-0.2, -0.15) is 0 Å². The van der Waals surface area contributed by atoms with E-state index in [1.807, 2.05) is 24.3 Å². The first-order valence-corrected chi connectivity index (χ1v) is 7.62. The minimum atomic E-state index is -0.271. The van der Waals surface area contributed by atoms with Crippen molar-refractivity contribution in [3.63, 3.8) is 0 Å². The number of rotatable bonds is 4. The van der Waals surface area contributed by atoms with Crippen molar-refractivity contribution >= 4 is 29.8 Å². The maximum atomic E-state index is 11.3. The predicted octanol–water partition coefficient (Wildman–Crippen LogP) is 3.00. The van der Waals surface area contributed by atoms with Crippen LogP contribution in [-0.2, 0) is 11.2 Å². The molecule has 0 unspecified atom stereocenters. The quantitative estimate of drug-likeness (QED) is 0.784. The van der Waals surface area contributed by atoms with Crippen LogP contribution in [-0.4, -0.2) is 29.0 Å². The molecule has 1 aromatic rings. The molecule has 1 saturated heterocycles. The highest BCUT2D eigenvalue weighted by Gasteiger charge is 2.33. The first-order chi connectivity index (χ1) is 8.28. The highest BCUT2D eigenvalue weighted by molar-refractivity contribution is 8.19. The van der Waals surface area contributed by atoms with Crippen LogP contribution in [0.25, 0.3) is 0 Å². The highest BCUT2D eigenvalue weighted by Crippen LogP contribution is 2.43. The van der Waals surface area contributed by atoms with E-state index in [1.165, 1.54) is 12.0 Å². The second kappa shape index (κ2) is 5.83. The molecule has 1 fully saturated rings. The molecule has 0 aromatic heterocycles. The molecule has 0 atom stereocenters. The summed E-state index contributed by atoms with van der Waals surface area (Å²) in [7, 11) is 1.66. The van der Waals surface area contributed by atoms with E-state index in [9.17, 15) is 4.79 Å². The number of aldehydes is 1. The lowest BCUT2D eigenvalue weighted by Crippen LogP contribution is -2.29. The van der Waals surface area contributed by atoms with Crippen molar-refractivity contribution in [2.24, 2.45) is 0 Å². The van der Waals surface area contributed by atoms with Crippen molar-refractivity contribution in [3.8, 4) is 5.75 Å². The number of carbonyl (C=O) groups is 1. The van der Waals surface area contributed by atoms with Gasteiger partial charge < -0.3 is 9.53 Å². The molecular weight excluding hydrogens is 252 g/mol. The Balaban J connectivity index is 2.09. The molecule has 92 valence electrons. The van der Waals surface area contributed by atoms with Gasteiger partial charge in [-0.25, -0.2) is 0 Å². The molecule has 2 rings (SSSR count). The van der Waals surface area contributed by atoms with Gasteiger partial charge in [-0.3, -0.25) is 0 Å². The van der Waals surface area contributed by atoms with Crippen molar-refractivity contribution < 1.29 is 9.53 Å². The fourth-order valence-corrected chi connectivity index (χ4v) is 4.79. The largest absolute Gasteiger partial charge is 0.497 e. The first-order valence-electron chi connectivity index (χ1n) is 5.65. The van der Waals surface area contributed by atoms with Crippen molar-refractivity contribution in [1.82, 2.24) is 0 Å². The van der Waals surface area contributed by atoms with E-state index in [0.717, 1.165) is 30.0 Å². The standard InChI is InChI=1S/C13H16O2S2/c1-15-12-5-3-11(4-6-12)9-13(10-14)16-7-2-8-17-13/h3-6,10H,2,7-9H2,1H3. The van der Waals surface area contributed by atoms with Crippen LogP contribution in [0.15, 0.2) is 24.3 Å². The fraction of sp³-hybridized carbons (Fsp3) is 0.462. The second-order valence-corrected chi connectivity index (χ2v) is 7.11. The summed E-state index contributed by atoms with van der Waals surface area (Å²) in [4.78, 5) is 11.3. The normalized spacial score (nSPS) is 18.6. The number of thioether (sulfide) groups is 2. The summed E-state index contributed by atoms with van der Waals surface area (Å²) < 4.78 is 4.86. The monoisotopic (exact) mass is 268 g/mol. The lowest BCUT2D eigenvalue weighted by molar-refractivity contribution is -0.108. The molecule has 0 aliphatic carbocycles. The Hall–Kier alpha value is -0.610. The number of hydrogen-bond donors (Lipinski definition) is 0. The second-order valence-electron chi connectivity index (χ2n) is 4.01. The molecule has 1 heterocycles. The van der Waals surface area contributed by atoms with Crippen molar-refractivity contribution in [2.75, 3.05) is 18.6 Å². The van der Waals surface area contributed by atoms with Gasteiger partial charge in [0.2, 0.25) is 0 Å². The molecule has 0 N–H and O–H groups in total. The zero-order valence-corrected chi connectivity index (χ0v) is 11.5. The Kier molecular flexibility index (Phi) is 4.40. The van der Waals surface area contributed by atoms with E-state index in [2.05, 4.69) is 0 Å². The van der Waals surface area contributed by atoms with Crippen molar-refractivity contribution in [2.45, 2.75) is 16.9 Å². The molecule has 1 aromatic carbocycles. The summed E-state index contributed by atoms with van der Waals surface area (Å²) >= 11 is 3.56. The first kappa shape index (κ1) is 12.8. The van der Waals surface area contributed by atoms with Crippen LogP contribution in [0.4, 0.5) is 0 Å². The summed E-state index contributed by atoms with van der Waals surface area (Å²) in [5.41, 5.74) is 1.19. The lowest BCUT2D eigenvalue weighted by atomic mass is 10.1. The Labute approximate surface area is 111 Å². The molecule has 1 aliphatic heterocycles. The Morgan fingerprint density at radius 1 is 1.29 bits per heavy atom. The van der Waals surface area contributed by atoms with Crippen LogP contribution < -0.4 is 4.74 Å². The zero-order chi connectivity index (χ0) is 12.1. The minimum absolute atomic E-state index is 0.271. The maximum absolute atomic E-state index is 11.3. The van der Waals surface area contributed by atoms with E-state index in [0.29, 0.717) is 0 Å². The molecule has 0 saturated carbocycles. The number of methoxy groups -OCH3 is 1. The molecule has 0 amide bonds. The van der Waals surface area contributed by atoms with Gasteiger partial charge in [0.05, 0.1) is 7.11 Å². The molecule has 0 radical (unpaired) electrons. The number of ether oxygens (including phenoxy) is 1. The molecular formula is C13H16O2S2. The molecule has 1 aliphatic rings. The minimum Gasteiger partial charge on any atom is -0.497 e. The number of carbonyl (C=O) groups excluding carboxylic acids is 1. The fourth-order valence-electron chi connectivity index (χ4n) is 1.83. The maximum Gasteiger partial charge on any atom is 0.146 e. The Bertz CT molecular complexity index is 370. The van der Waals surface area contributed by atoms with E-state index < -0.39 is 0 Å². The SMILES string of the molecule is COc1ccc(CC2(C=O)SCCCS2)cc1. The van der Waals surface area contributed by atoms with Gasteiger partial charge >= 0.3 is 0 Å². The summed E-state index contributed by atoms with van der Waals surface area (Å²) in [6.45, 7) is 0. The van der Waals surface area contributed by atoms with Gasteiger partial charge in [0.1, 0.15) is 16.1 Å². The third-order valence-electron chi connectivity index (χ3n) is 2.77. The molecule has 17 heavy (non-hydrogen) atoms. The third-order valence-corrected chi connectivity index (χ3v) is 5.92. The lowest BCUT2D eigenvalue weighted by Gasteiger charge is -2.30. The zero-order valence-electron chi connectivity index (χ0n) is 9.85. The van der Waals surface area contributed by atoms with Crippen LogP contribution in [0.5, 0.6) is 5.75 Å². The van der Waals surface area contributed by atoms with Gasteiger partial charge in [0, 0.05) is 6.42 Å². The van der Waals surface area contributed by atoms with Gasteiger partial charge in [-0.05, 0) is 35.6 Å². The van der Waals surface area contributed by atoms with Gasteiger partial charge in [0.15, 0.2) is 0 Å².